The average Bonchev–Trinajstić information content (AvgIpc) is 3.03. The molecule has 1 N–H and O–H groups in total. The van der Waals surface area contributed by atoms with Gasteiger partial charge in [-0.05, 0) is 48.7 Å². The van der Waals surface area contributed by atoms with Gasteiger partial charge >= 0.3 is 12.4 Å². The zero-order chi connectivity index (χ0) is 21.6. The number of alkyl halides is 6. The highest BCUT2D eigenvalue weighted by molar-refractivity contribution is 5.88. The van der Waals surface area contributed by atoms with Gasteiger partial charge in [-0.25, -0.2) is 0 Å². The minimum absolute atomic E-state index is 0.0490. The second-order valence-electron chi connectivity index (χ2n) is 7.36. The number of carbonyl (C=O) groups excluding carboxylic acids is 1. The van der Waals surface area contributed by atoms with Crippen LogP contribution in [0, 0.1) is 0 Å². The molecular weight excluding hydrogens is 396 g/mol. The number of fused-ring (bicyclic) bond motifs is 1. The van der Waals surface area contributed by atoms with Gasteiger partial charge in [-0.2, -0.15) is 26.3 Å². The van der Waals surface area contributed by atoms with E-state index < -0.39 is 40.8 Å². The van der Waals surface area contributed by atoms with Crippen LogP contribution >= 0.6 is 0 Å². The molecule has 1 unspecified atom stereocenters. The van der Waals surface area contributed by atoms with Crippen LogP contribution in [0.4, 0.5) is 26.3 Å². The number of halogens is 6. The Balaban J connectivity index is 1.96. The van der Waals surface area contributed by atoms with Gasteiger partial charge in [0.25, 0.3) is 0 Å². The van der Waals surface area contributed by atoms with Crippen molar-refractivity contribution in [1.29, 1.82) is 0 Å². The summed E-state index contributed by atoms with van der Waals surface area (Å²) in [4.78, 5) is 12.8. The summed E-state index contributed by atoms with van der Waals surface area (Å²) in [6.45, 7) is 2.59. The summed E-state index contributed by atoms with van der Waals surface area (Å²) in [6.07, 6.45) is -6.45. The van der Waals surface area contributed by atoms with E-state index in [4.69, 9.17) is 0 Å². The van der Waals surface area contributed by atoms with E-state index in [2.05, 4.69) is 5.32 Å². The normalized spacial score (nSPS) is 16.6. The lowest BCUT2D eigenvalue weighted by Crippen LogP contribution is -2.41. The maximum atomic E-state index is 13.1. The second kappa shape index (κ2) is 6.93. The molecule has 2 aromatic carbocycles. The molecule has 1 aliphatic carbocycles. The molecule has 0 saturated carbocycles. The molecule has 1 amide bonds. The van der Waals surface area contributed by atoms with E-state index in [0.29, 0.717) is 12.1 Å². The summed E-state index contributed by atoms with van der Waals surface area (Å²) in [5.74, 6) is -0.684. The highest BCUT2D eigenvalue weighted by Gasteiger charge is 2.40. The predicted molar refractivity (Wildman–Crippen MR) is 95.8 cm³/mol. The van der Waals surface area contributed by atoms with Crippen LogP contribution < -0.4 is 5.32 Å². The molecule has 29 heavy (non-hydrogen) atoms. The van der Waals surface area contributed by atoms with Gasteiger partial charge in [-0.15, -0.1) is 0 Å². The molecule has 154 valence electrons. The Morgan fingerprint density at radius 1 is 0.862 bits per heavy atom. The molecule has 0 spiro atoms. The van der Waals surface area contributed by atoms with Crippen LogP contribution in [0.15, 0.2) is 48.5 Å². The summed E-state index contributed by atoms with van der Waals surface area (Å²) in [6, 6.07) is 7.95. The monoisotopic (exact) mass is 413 g/mol. The molecule has 0 aliphatic heterocycles. The highest BCUT2D eigenvalue weighted by Crippen LogP contribution is 2.39. The van der Waals surface area contributed by atoms with Gasteiger partial charge < -0.3 is 5.32 Å². The Kier molecular flexibility index (Phi) is 5.01. The number of rotatable bonds is 3. The molecule has 1 aliphatic rings. The molecule has 0 bridgehead atoms. The lowest BCUT2D eigenvalue weighted by molar-refractivity contribution is -0.143. The number of hydrogen-bond acceptors (Lipinski definition) is 1. The molecule has 0 radical (unpaired) electrons. The quantitative estimate of drug-likeness (QED) is 0.625. The van der Waals surface area contributed by atoms with E-state index in [-0.39, 0.29) is 11.6 Å². The standard InChI is InChI=1S/C21H17F6NO/c1-19(2,18(29)28-17-8-7-12-5-3-4-6-16(12)17)13-9-14(20(22,23)24)11-15(10-13)21(25,26)27/h3-11,17H,1-2H3,(H,28,29). The topological polar surface area (TPSA) is 29.1 Å². The molecule has 8 heteroatoms. The number of hydrogen-bond donors (Lipinski definition) is 1. The van der Waals surface area contributed by atoms with Crippen LogP contribution in [-0.4, -0.2) is 5.91 Å². The van der Waals surface area contributed by atoms with Gasteiger partial charge in [0.15, 0.2) is 0 Å². The van der Waals surface area contributed by atoms with Crippen LogP contribution in [0.1, 0.15) is 47.7 Å². The highest BCUT2D eigenvalue weighted by atomic mass is 19.4. The van der Waals surface area contributed by atoms with Crippen molar-refractivity contribution in [2.75, 3.05) is 0 Å². The number of nitrogens with one attached hydrogen (secondary N) is 1. The first-order chi connectivity index (χ1) is 13.3. The maximum Gasteiger partial charge on any atom is 0.416 e. The average molecular weight is 413 g/mol. The van der Waals surface area contributed by atoms with Crippen molar-refractivity contribution >= 4 is 12.0 Å². The molecule has 1 atom stereocenters. The van der Waals surface area contributed by atoms with Crippen molar-refractivity contribution in [3.63, 3.8) is 0 Å². The Hall–Kier alpha value is -2.77. The van der Waals surface area contributed by atoms with E-state index in [1.165, 1.54) is 13.8 Å². The Morgan fingerprint density at radius 3 is 1.93 bits per heavy atom. The van der Waals surface area contributed by atoms with E-state index in [9.17, 15) is 31.1 Å². The fourth-order valence-corrected chi connectivity index (χ4v) is 3.14. The summed E-state index contributed by atoms with van der Waals surface area (Å²) in [5.41, 5.74) is -3.21. The maximum absolute atomic E-state index is 13.1. The van der Waals surface area contributed by atoms with Crippen molar-refractivity contribution in [1.82, 2.24) is 5.32 Å². The van der Waals surface area contributed by atoms with Crippen LogP contribution in [0.2, 0.25) is 0 Å². The van der Waals surface area contributed by atoms with Gasteiger partial charge in [-0.3, -0.25) is 4.79 Å². The first kappa shape index (κ1) is 21.0. The number of carbonyl (C=O) groups is 1. The third kappa shape index (κ3) is 4.16. The first-order valence-corrected chi connectivity index (χ1v) is 8.68. The fourth-order valence-electron chi connectivity index (χ4n) is 3.14. The van der Waals surface area contributed by atoms with Gasteiger partial charge in [0.2, 0.25) is 5.91 Å². The minimum Gasteiger partial charge on any atom is -0.345 e. The van der Waals surface area contributed by atoms with E-state index in [1.807, 2.05) is 12.1 Å². The molecule has 0 heterocycles. The van der Waals surface area contributed by atoms with Crippen molar-refractivity contribution in [3.8, 4) is 0 Å². The van der Waals surface area contributed by atoms with E-state index in [1.54, 1.807) is 24.3 Å². The zero-order valence-corrected chi connectivity index (χ0v) is 15.4. The molecule has 0 aromatic heterocycles. The van der Waals surface area contributed by atoms with E-state index in [0.717, 1.165) is 11.1 Å². The van der Waals surface area contributed by atoms with Crippen LogP contribution in [0.5, 0.6) is 0 Å². The lowest BCUT2D eigenvalue weighted by atomic mass is 9.81. The van der Waals surface area contributed by atoms with Crippen molar-refractivity contribution in [2.24, 2.45) is 0 Å². The number of amides is 1. The zero-order valence-electron chi connectivity index (χ0n) is 15.4. The van der Waals surface area contributed by atoms with Crippen molar-refractivity contribution < 1.29 is 31.1 Å². The third-order valence-electron chi connectivity index (χ3n) is 4.96. The summed E-state index contributed by atoms with van der Waals surface area (Å²) in [7, 11) is 0. The lowest BCUT2D eigenvalue weighted by Gasteiger charge is -2.28. The molecule has 2 aromatic rings. The SMILES string of the molecule is CC(C)(C(=O)NC1C=Cc2ccccc21)c1cc(C(F)(F)F)cc(C(F)(F)F)c1. The number of benzene rings is 2. The molecule has 2 nitrogen and oxygen atoms in total. The Morgan fingerprint density at radius 2 is 1.38 bits per heavy atom. The molecule has 3 rings (SSSR count). The molecular formula is C21H17F6NO. The van der Waals surface area contributed by atoms with E-state index >= 15 is 0 Å². The Bertz CT molecular complexity index is 940. The second-order valence-corrected chi connectivity index (χ2v) is 7.36. The smallest absolute Gasteiger partial charge is 0.345 e. The molecule has 0 saturated heterocycles. The third-order valence-corrected chi connectivity index (χ3v) is 4.96. The van der Waals surface area contributed by atoms with Crippen LogP contribution in [-0.2, 0) is 22.6 Å². The van der Waals surface area contributed by atoms with Crippen molar-refractivity contribution in [2.45, 2.75) is 37.7 Å². The minimum atomic E-state index is -4.98. The first-order valence-electron chi connectivity index (χ1n) is 8.68. The fraction of sp³-hybridized carbons (Fsp3) is 0.286. The Labute approximate surface area is 163 Å². The summed E-state index contributed by atoms with van der Waals surface area (Å²) in [5, 5.41) is 2.70. The van der Waals surface area contributed by atoms with Gasteiger partial charge in [0.05, 0.1) is 22.6 Å². The van der Waals surface area contributed by atoms with Gasteiger partial charge in [0.1, 0.15) is 0 Å². The van der Waals surface area contributed by atoms with Crippen LogP contribution in [0.25, 0.3) is 6.08 Å². The molecule has 0 fully saturated rings. The summed E-state index contributed by atoms with van der Waals surface area (Å²) < 4.78 is 78.8. The predicted octanol–water partition coefficient (Wildman–Crippen LogP) is 5.89. The largest absolute Gasteiger partial charge is 0.416 e. The van der Waals surface area contributed by atoms with Gasteiger partial charge in [0, 0.05) is 0 Å². The summed E-state index contributed by atoms with van der Waals surface area (Å²) >= 11 is 0. The van der Waals surface area contributed by atoms with Gasteiger partial charge in [-0.1, -0.05) is 36.4 Å². The van der Waals surface area contributed by atoms with Crippen molar-refractivity contribution in [3.05, 3.63) is 76.4 Å². The van der Waals surface area contributed by atoms with Crippen LogP contribution in [0.3, 0.4) is 0 Å².